The summed E-state index contributed by atoms with van der Waals surface area (Å²) in [5.74, 6) is 3.72. The molecular weight excluding hydrogens is 318 g/mol. The van der Waals surface area contributed by atoms with Crippen molar-refractivity contribution in [2.24, 2.45) is 0 Å². The minimum absolute atomic E-state index is 0.156. The zero-order chi connectivity index (χ0) is 18.1. The number of ether oxygens (including phenoxy) is 1. The molecule has 0 heterocycles. The van der Waals surface area contributed by atoms with Crippen LogP contribution in [0.5, 0.6) is 5.75 Å². The quantitative estimate of drug-likeness (QED) is 0.450. The SMILES string of the molecule is CCCCCCCc1ccc(C#Cc2ccc(F)c(F)c2OC)cc1. The second-order valence-corrected chi connectivity index (χ2v) is 6.05. The summed E-state index contributed by atoms with van der Waals surface area (Å²) in [5.41, 5.74) is 2.47. The molecule has 0 aliphatic carbocycles. The van der Waals surface area contributed by atoms with Crippen molar-refractivity contribution in [3.63, 3.8) is 0 Å². The van der Waals surface area contributed by atoms with E-state index in [1.807, 2.05) is 12.1 Å². The number of halogens is 2. The lowest BCUT2D eigenvalue weighted by molar-refractivity contribution is 0.370. The van der Waals surface area contributed by atoms with Crippen LogP contribution in [0.15, 0.2) is 36.4 Å². The van der Waals surface area contributed by atoms with Crippen LogP contribution in [-0.2, 0) is 6.42 Å². The molecule has 1 nitrogen and oxygen atoms in total. The molecule has 0 aromatic heterocycles. The highest BCUT2D eigenvalue weighted by molar-refractivity contribution is 5.50. The number of hydrogen-bond donors (Lipinski definition) is 0. The number of benzene rings is 2. The third-order valence-electron chi connectivity index (χ3n) is 4.12. The van der Waals surface area contributed by atoms with Gasteiger partial charge in [0.1, 0.15) is 0 Å². The van der Waals surface area contributed by atoms with Gasteiger partial charge in [0.05, 0.1) is 12.7 Å². The molecule has 0 atom stereocenters. The molecule has 0 bridgehead atoms. The van der Waals surface area contributed by atoms with Gasteiger partial charge in [0.25, 0.3) is 0 Å². The third kappa shape index (κ3) is 5.60. The van der Waals surface area contributed by atoms with Crippen molar-refractivity contribution >= 4 is 0 Å². The molecule has 0 unspecified atom stereocenters. The molecule has 0 fully saturated rings. The molecule has 0 spiro atoms. The third-order valence-corrected chi connectivity index (χ3v) is 4.12. The molecular formula is C22H24F2O. The van der Waals surface area contributed by atoms with Gasteiger partial charge < -0.3 is 4.74 Å². The number of methoxy groups -OCH3 is 1. The fraction of sp³-hybridized carbons (Fsp3) is 0.364. The van der Waals surface area contributed by atoms with Crippen LogP contribution in [0, 0.1) is 23.5 Å². The van der Waals surface area contributed by atoms with Gasteiger partial charge in [-0.1, -0.05) is 56.6 Å². The van der Waals surface area contributed by atoms with Gasteiger partial charge in [-0.25, -0.2) is 4.39 Å². The van der Waals surface area contributed by atoms with Crippen molar-refractivity contribution in [1.29, 1.82) is 0 Å². The van der Waals surface area contributed by atoms with Crippen LogP contribution in [0.2, 0.25) is 0 Å². The van der Waals surface area contributed by atoms with Gasteiger partial charge in [0.2, 0.25) is 5.82 Å². The minimum Gasteiger partial charge on any atom is -0.492 e. The predicted molar refractivity (Wildman–Crippen MR) is 97.8 cm³/mol. The van der Waals surface area contributed by atoms with E-state index >= 15 is 0 Å². The van der Waals surface area contributed by atoms with Crippen molar-refractivity contribution in [2.45, 2.75) is 45.4 Å². The molecule has 3 heteroatoms. The minimum atomic E-state index is -1.01. The van der Waals surface area contributed by atoms with E-state index in [4.69, 9.17) is 4.74 Å². The average molecular weight is 342 g/mol. The number of rotatable bonds is 7. The summed E-state index contributed by atoms with van der Waals surface area (Å²) in [7, 11) is 1.30. The molecule has 0 aliphatic rings. The van der Waals surface area contributed by atoms with Crippen molar-refractivity contribution in [2.75, 3.05) is 7.11 Å². The van der Waals surface area contributed by atoms with E-state index in [0.29, 0.717) is 5.56 Å². The second-order valence-electron chi connectivity index (χ2n) is 6.05. The number of aryl methyl sites for hydroxylation is 1. The Morgan fingerprint density at radius 3 is 2.28 bits per heavy atom. The standard InChI is InChI=1S/C22H24F2O/c1-3-4-5-6-7-8-17-9-11-18(12-10-17)13-14-19-15-16-20(23)21(24)22(19)25-2/h9-12,15-16H,3-8H2,1-2H3. The Morgan fingerprint density at radius 1 is 0.880 bits per heavy atom. The molecule has 132 valence electrons. The molecule has 0 saturated carbocycles. The number of hydrogen-bond acceptors (Lipinski definition) is 1. The van der Waals surface area contributed by atoms with Crippen molar-refractivity contribution in [3.05, 3.63) is 64.7 Å². The van der Waals surface area contributed by atoms with E-state index in [9.17, 15) is 8.78 Å². The predicted octanol–water partition coefficient (Wildman–Crippen LogP) is 5.89. The van der Waals surface area contributed by atoms with Gasteiger partial charge in [-0.3, -0.25) is 0 Å². The van der Waals surface area contributed by atoms with Crippen molar-refractivity contribution < 1.29 is 13.5 Å². The number of unbranched alkanes of at least 4 members (excludes halogenated alkanes) is 4. The van der Waals surface area contributed by atoms with Gasteiger partial charge in [0.15, 0.2) is 11.6 Å². The first-order chi connectivity index (χ1) is 12.2. The maximum Gasteiger partial charge on any atom is 0.201 e. The van der Waals surface area contributed by atoms with Crippen LogP contribution in [0.4, 0.5) is 8.78 Å². The Morgan fingerprint density at radius 2 is 1.60 bits per heavy atom. The van der Waals surface area contributed by atoms with Crippen LogP contribution < -0.4 is 4.74 Å². The molecule has 2 aromatic rings. The summed E-state index contributed by atoms with van der Waals surface area (Å²) in [6, 6.07) is 10.6. The Labute approximate surface area is 149 Å². The van der Waals surface area contributed by atoms with Crippen LogP contribution in [0.25, 0.3) is 0 Å². The molecule has 0 aliphatic heterocycles. The first kappa shape index (κ1) is 19.0. The lowest BCUT2D eigenvalue weighted by Crippen LogP contribution is -1.95. The van der Waals surface area contributed by atoms with Gasteiger partial charge in [-0.2, -0.15) is 4.39 Å². The molecule has 2 rings (SSSR count). The molecule has 2 aromatic carbocycles. The van der Waals surface area contributed by atoms with Crippen molar-refractivity contribution in [1.82, 2.24) is 0 Å². The monoisotopic (exact) mass is 342 g/mol. The van der Waals surface area contributed by atoms with Gasteiger partial charge >= 0.3 is 0 Å². The summed E-state index contributed by atoms with van der Waals surface area (Å²) in [6.07, 6.45) is 7.42. The molecule has 0 N–H and O–H groups in total. The molecule has 0 radical (unpaired) electrons. The van der Waals surface area contributed by atoms with Gasteiger partial charge in [-0.15, -0.1) is 0 Å². The first-order valence-corrected chi connectivity index (χ1v) is 8.78. The maximum atomic E-state index is 13.7. The van der Waals surface area contributed by atoms with E-state index in [0.717, 1.165) is 18.1 Å². The highest BCUT2D eigenvalue weighted by Gasteiger charge is 2.12. The molecule has 25 heavy (non-hydrogen) atoms. The highest BCUT2D eigenvalue weighted by atomic mass is 19.2. The van der Waals surface area contributed by atoms with E-state index < -0.39 is 11.6 Å². The van der Waals surface area contributed by atoms with E-state index in [1.54, 1.807) is 0 Å². The Bertz CT molecular complexity index is 739. The Kier molecular flexibility index (Phi) is 7.47. The highest BCUT2D eigenvalue weighted by Crippen LogP contribution is 2.24. The fourth-order valence-electron chi connectivity index (χ4n) is 2.66. The topological polar surface area (TPSA) is 9.23 Å². The maximum absolute atomic E-state index is 13.7. The summed E-state index contributed by atoms with van der Waals surface area (Å²) < 4.78 is 31.8. The van der Waals surface area contributed by atoms with Gasteiger partial charge in [0, 0.05) is 5.56 Å². The second kappa shape index (κ2) is 9.84. The van der Waals surface area contributed by atoms with Crippen LogP contribution in [0.3, 0.4) is 0 Å². The Balaban J connectivity index is 2.01. The summed E-state index contributed by atoms with van der Waals surface area (Å²) in [4.78, 5) is 0. The Hall–Kier alpha value is -2.34. The van der Waals surface area contributed by atoms with Gasteiger partial charge in [-0.05, 0) is 42.7 Å². The fourth-order valence-corrected chi connectivity index (χ4v) is 2.66. The molecule has 0 amide bonds. The van der Waals surface area contributed by atoms with E-state index in [-0.39, 0.29) is 5.75 Å². The van der Waals surface area contributed by atoms with Crippen LogP contribution >= 0.6 is 0 Å². The smallest absolute Gasteiger partial charge is 0.201 e. The zero-order valence-electron chi connectivity index (χ0n) is 14.9. The first-order valence-electron chi connectivity index (χ1n) is 8.78. The largest absolute Gasteiger partial charge is 0.492 e. The normalized spacial score (nSPS) is 10.2. The average Bonchev–Trinajstić information content (AvgIpc) is 2.63. The summed E-state index contributed by atoms with van der Waals surface area (Å²) in [6.45, 7) is 2.22. The molecule has 0 saturated heterocycles. The van der Waals surface area contributed by atoms with Crippen molar-refractivity contribution in [3.8, 4) is 17.6 Å². The lowest BCUT2D eigenvalue weighted by Gasteiger charge is -2.05. The van der Waals surface area contributed by atoms with Crippen LogP contribution in [0.1, 0.15) is 55.7 Å². The van der Waals surface area contributed by atoms with E-state index in [1.165, 1.54) is 50.8 Å². The van der Waals surface area contributed by atoms with Crippen LogP contribution in [-0.4, -0.2) is 7.11 Å². The summed E-state index contributed by atoms with van der Waals surface area (Å²) in [5, 5.41) is 0. The summed E-state index contributed by atoms with van der Waals surface area (Å²) >= 11 is 0. The zero-order valence-corrected chi connectivity index (χ0v) is 14.9. The van der Waals surface area contributed by atoms with E-state index in [2.05, 4.69) is 30.9 Å². The lowest BCUT2D eigenvalue weighted by atomic mass is 10.0.